The Morgan fingerprint density at radius 2 is 1.86 bits per heavy atom. The van der Waals surface area contributed by atoms with E-state index < -0.39 is 0 Å². The van der Waals surface area contributed by atoms with Gasteiger partial charge in [-0.05, 0) is 50.2 Å². The molecule has 1 heterocycles. The van der Waals surface area contributed by atoms with Gasteiger partial charge in [-0.2, -0.15) is 0 Å². The molecule has 0 aliphatic carbocycles. The first kappa shape index (κ1) is 14.4. The Morgan fingerprint density at radius 3 is 2.55 bits per heavy atom. The van der Waals surface area contributed by atoms with Gasteiger partial charge in [-0.3, -0.25) is 0 Å². The molecule has 1 aromatic heterocycles. The summed E-state index contributed by atoms with van der Waals surface area (Å²) in [6, 6.07) is 12.3. The fourth-order valence-corrected chi connectivity index (χ4v) is 2.57. The van der Waals surface area contributed by atoms with E-state index in [9.17, 15) is 4.39 Å². The second-order valence-electron chi connectivity index (χ2n) is 5.67. The number of hydrogen-bond acceptors (Lipinski definition) is 2. The third-order valence-corrected chi connectivity index (χ3v) is 3.71. The van der Waals surface area contributed by atoms with Gasteiger partial charge in [-0.15, -0.1) is 0 Å². The van der Waals surface area contributed by atoms with Crippen LogP contribution in [0.15, 0.2) is 48.7 Å². The van der Waals surface area contributed by atoms with E-state index in [-0.39, 0.29) is 5.82 Å². The maximum atomic E-state index is 12.9. The van der Waals surface area contributed by atoms with Crippen LogP contribution in [0.3, 0.4) is 0 Å². The first-order valence-electron chi connectivity index (χ1n) is 7.32. The SMILES string of the molecule is CC(C)n1cc(COc2ccc(F)cc2)c2ccc(N)cc21. The van der Waals surface area contributed by atoms with Gasteiger partial charge >= 0.3 is 0 Å². The monoisotopic (exact) mass is 298 g/mol. The van der Waals surface area contributed by atoms with E-state index in [1.54, 1.807) is 12.1 Å². The summed E-state index contributed by atoms with van der Waals surface area (Å²) >= 11 is 0. The molecular weight excluding hydrogens is 279 g/mol. The maximum absolute atomic E-state index is 12.9. The van der Waals surface area contributed by atoms with E-state index >= 15 is 0 Å². The van der Waals surface area contributed by atoms with Crippen LogP contribution < -0.4 is 10.5 Å². The largest absolute Gasteiger partial charge is 0.489 e. The number of rotatable bonds is 4. The number of nitrogen functional groups attached to an aromatic ring is 1. The predicted octanol–water partition coefficient (Wildman–Crippen LogP) is 4.52. The molecule has 0 aliphatic rings. The van der Waals surface area contributed by atoms with E-state index in [0.29, 0.717) is 18.4 Å². The summed E-state index contributed by atoms with van der Waals surface area (Å²) in [5.41, 5.74) is 8.84. The molecule has 2 aromatic carbocycles. The fourth-order valence-electron chi connectivity index (χ4n) is 2.57. The first-order valence-corrected chi connectivity index (χ1v) is 7.32. The summed E-state index contributed by atoms with van der Waals surface area (Å²) < 4.78 is 20.9. The van der Waals surface area contributed by atoms with E-state index in [2.05, 4.69) is 24.6 Å². The number of fused-ring (bicyclic) bond motifs is 1. The molecule has 4 heteroatoms. The van der Waals surface area contributed by atoms with E-state index in [0.717, 1.165) is 22.2 Å². The van der Waals surface area contributed by atoms with Crippen LogP contribution in [0.4, 0.5) is 10.1 Å². The maximum Gasteiger partial charge on any atom is 0.123 e. The molecule has 0 unspecified atom stereocenters. The third kappa shape index (κ3) is 2.77. The van der Waals surface area contributed by atoms with Crippen LogP contribution in [0.5, 0.6) is 5.75 Å². The van der Waals surface area contributed by atoms with Crippen LogP contribution in [-0.2, 0) is 6.61 Å². The molecule has 0 bridgehead atoms. The molecule has 3 nitrogen and oxygen atoms in total. The van der Waals surface area contributed by atoms with Gasteiger partial charge < -0.3 is 15.0 Å². The number of aromatic nitrogens is 1. The molecule has 0 saturated carbocycles. The second-order valence-corrected chi connectivity index (χ2v) is 5.67. The lowest BCUT2D eigenvalue weighted by molar-refractivity contribution is 0.306. The molecule has 0 atom stereocenters. The molecule has 0 amide bonds. The van der Waals surface area contributed by atoms with Crippen LogP contribution >= 0.6 is 0 Å². The summed E-state index contributed by atoms with van der Waals surface area (Å²) in [7, 11) is 0. The van der Waals surface area contributed by atoms with Crippen molar-refractivity contribution in [2.45, 2.75) is 26.5 Å². The molecule has 0 fully saturated rings. The Morgan fingerprint density at radius 1 is 1.14 bits per heavy atom. The van der Waals surface area contributed by atoms with Crippen molar-refractivity contribution in [2.24, 2.45) is 0 Å². The highest BCUT2D eigenvalue weighted by Gasteiger charge is 2.11. The fraction of sp³-hybridized carbons (Fsp3) is 0.222. The highest BCUT2D eigenvalue weighted by Crippen LogP contribution is 2.27. The van der Waals surface area contributed by atoms with Gasteiger partial charge in [0.15, 0.2) is 0 Å². The van der Waals surface area contributed by atoms with Crippen molar-refractivity contribution < 1.29 is 9.13 Å². The van der Waals surface area contributed by atoms with Gasteiger partial charge in [0.05, 0.1) is 5.52 Å². The zero-order chi connectivity index (χ0) is 15.7. The Bertz CT molecular complexity index is 791. The number of nitrogens with two attached hydrogens (primary N) is 1. The predicted molar refractivity (Wildman–Crippen MR) is 87.5 cm³/mol. The first-order chi connectivity index (χ1) is 10.5. The molecular formula is C18H19FN2O. The van der Waals surface area contributed by atoms with Crippen molar-refractivity contribution >= 4 is 16.6 Å². The van der Waals surface area contributed by atoms with Gasteiger partial charge in [0.25, 0.3) is 0 Å². The third-order valence-electron chi connectivity index (χ3n) is 3.71. The standard InChI is InChI=1S/C18H19FN2O/c1-12(2)21-10-13(17-8-5-15(20)9-18(17)21)11-22-16-6-3-14(19)4-7-16/h3-10,12H,11,20H2,1-2H3. The number of ether oxygens (including phenoxy) is 1. The molecule has 3 rings (SSSR count). The van der Waals surface area contributed by atoms with Crippen LogP contribution in [0.2, 0.25) is 0 Å². The molecule has 0 saturated heterocycles. The van der Waals surface area contributed by atoms with Crippen molar-refractivity contribution in [3.8, 4) is 5.75 Å². The summed E-state index contributed by atoms with van der Waals surface area (Å²) in [6.07, 6.45) is 2.10. The van der Waals surface area contributed by atoms with Crippen molar-refractivity contribution in [1.29, 1.82) is 0 Å². The van der Waals surface area contributed by atoms with Crippen LogP contribution in [-0.4, -0.2) is 4.57 Å². The van der Waals surface area contributed by atoms with Gasteiger partial charge in [-0.1, -0.05) is 6.07 Å². The summed E-state index contributed by atoms with van der Waals surface area (Å²) in [6.45, 7) is 4.70. The minimum Gasteiger partial charge on any atom is -0.489 e. The van der Waals surface area contributed by atoms with Crippen LogP contribution in [0.25, 0.3) is 10.9 Å². The van der Waals surface area contributed by atoms with Crippen molar-refractivity contribution in [2.75, 3.05) is 5.73 Å². The summed E-state index contributed by atoms with van der Waals surface area (Å²) in [4.78, 5) is 0. The van der Waals surface area contributed by atoms with Crippen LogP contribution in [0, 0.1) is 5.82 Å². The minimum absolute atomic E-state index is 0.265. The number of hydrogen-bond donors (Lipinski definition) is 1. The van der Waals surface area contributed by atoms with Gasteiger partial charge in [0, 0.05) is 28.9 Å². The molecule has 22 heavy (non-hydrogen) atoms. The zero-order valence-electron chi connectivity index (χ0n) is 12.7. The van der Waals surface area contributed by atoms with E-state index in [4.69, 9.17) is 10.5 Å². The Balaban J connectivity index is 1.91. The van der Waals surface area contributed by atoms with E-state index in [1.165, 1.54) is 12.1 Å². The quantitative estimate of drug-likeness (QED) is 0.719. The number of benzene rings is 2. The molecule has 3 aromatic rings. The van der Waals surface area contributed by atoms with Gasteiger partial charge in [-0.25, -0.2) is 4.39 Å². The lowest BCUT2D eigenvalue weighted by Gasteiger charge is -2.09. The zero-order valence-corrected chi connectivity index (χ0v) is 12.7. The molecule has 114 valence electrons. The second kappa shape index (κ2) is 5.72. The topological polar surface area (TPSA) is 40.2 Å². The van der Waals surface area contributed by atoms with Crippen molar-refractivity contribution in [1.82, 2.24) is 4.57 Å². The van der Waals surface area contributed by atoms with E-state index in [1.807, 2.05) is 18.2 Å². The van der Waals surface area contributed by atoms with Gasteiger partial charge in [0.1, 0.15) is 18.2 Å². The Hall–Kier alpha value is -2.49. The Kier molecular flexibility index (Phi) is 3.75. The minimum atomic E-state index is -0.265. The average molecular weight is 298 g/mol. The molecule has 2 N–H and O–H groups in total. The summed E-state index contributed by atoms with van der Waals surface area (Å²) in [5.74, 6) is 0.390. The molecule has 0 aliphatic heterocycles. The molecule has 0 spiro atoms. The number of nitrogens with zero attached hydrogens (tertiary/aromatic N) is 1. The highest BCUT2D eigenvalue weighted by molar-refractivity contribution is 5.86. The highest BCUT2D eigenvalue weighted by atomic mass is 19.1. The Labute approximate surface area is 129 Å². The van der Waals surface area contributed by atoms with Crippen molar-refractivity contribution in [3.05, 3.63) is 60.0 Å². The smallest absolute Gasteiger partial charge is 0.123 e. The lowest BCUT2D eigenvalue weighted by atomic mass is 10.1. The number of anilines is 1. The average Bonchev–Trinajstić information content (AvgIpc) is 2.85. The van der Waals surface area contributed by atoms with Gasteiger partial charge in [0.2, 0.25) is 0 Å². The van der Waals surface area contributed by atoms with Crippen molar-refractivity contribution in [3.63, 3.8) is 0 Å². The number of halogens is 1. The summed E-state index contributed by atoms with van der Waals surface area (Å²) in [5, 5.41) is 1.13. The molecule has 0 radical (unpaired) electrons. The normalized spacial score (nSPS) is 11.3. The lowest BCUT2D eigenvalue weighted by Crippen LogP contribution is -1.99. The van der Waals surface area contributed by atoms with Crippen LogP contribution in [0.1, 0.15) is 25.5 Å².